The summed E-state index contributed by atoms with van der Waals surface area (Å²) in [7, 11) is 0. The first-order chi connectivity index (χ1) is 6.33. The molecular formula is C9H19N3O. The number of rotatable bonds is 6. The van der Waals surface area contributed by atoms with Gasteiger partial charge in [0.2, 0.25) is 0 Å². The number of amides is 2. The molecular weight excluding hydrogens is 166 g/mol. The molecule has 0 spiro atoms. The van der Waals surface area contributed by atoms with Crippen molar-refractivity contribution in [1.82, 2.24) is 16.0 Å². The van der Waals surface area contributed by atoms with Gasteiger partial charge in [-0.1, -0.05) is 6.92 Å². The second-order valence-electron chi connectivity index (χ2n) is 3.38. The summed E-state index contributed by atoms with van der Waals surface area (Å²) in [6.45, 7) is 4.80. The molecule has 1 fully saturated rings. The summed E-state index contributed by atoms with van der Waals surface area (Å²) in [6, 6.07) is 0.438. The number of urea groups is 1. The topological polar surface area (TPSA) is 53.2 Å². The van der Waals surface area contributed by atoms with E-state index in [9.17, 15) is 4.79 Å². The Kier molecular flexibility index (Phi) is 4.60. The highest BCUT2D eigenvalue weighted by Gasteiger charge is 2.22. The number of hydrogen-bond donors (Lipinski definition) is 3. The predicted molar refractivity (Wildman–Crippen MR) is 52.7 cm³/mol. The molecule has 2 amide bonds. The Morgan fingerprint density at radius 2 is 2.15 bits per heavy atom. The maximum atomic E-state index is 11.1. The van der Waals surface area contributed by atoms with E-state index in [0.717, 1.165) is 38.9 Å². The Morgan fingerprint density at radius 3 is 2.77 bits per heavy atom. The SMILES string of the molecule is CCNCCCNC(=O)NC1CC1. The van der Waals surface area contributed by atoms with Crippen LogP contribution in [-0.2, 0) is 0 Å². The lowest BCUT2D eigenvalue weighted by Gasteiger charge is -2.06. The maximum Gasteiger partial charge on any atom is 0.315 e. The zero-order valence-electron chi connectivity index (χ0n) is 8.23. The molecule has 0 aromatic carbocycles. The maximum absolute atomic E-state index is 11.1. The van der Waals surface area contributed by atoms with Gasteiger partial charge in [0, 0.05) is 12.6 Å². The summed E-state index contributed by atoms with van der Waals surface area (Å²) in [4.78, 5) is 11.1. The van der Waals surface area contributed by atoms with Crippen molar-refractivity contribution >= 4 is 6.03 Å². The highest BCUT2D eigenvalue weighted by Crippen LogP contribution is 2.17. The second kappa shape index (κ2) is 5.80. The molecule has 76 valence electrons. The number of carbonyl (C=O) groups is 1. The van der Waals surface area contributed by atoms with E-state index < -0.39 is 0 Å². The summed E-state index contributed by atoms with van der Waals surface area (Å²) in [5.41, 5.74) is 0. The summed E-state index contributed by atoms with van der Waals surface area (Å²) in [6.07, 6.45) is 3.28. The summed E-state index contributed by atoms with van der Waals surface area (Å²) >= 11 is 0. The van der Waals surface area contributed by atoms with Crippen LogP contribution in [0, 0.1) is 0 Å². The fourth-order valence-electron chi connectivity index (χ4n) is 1.06. The lowest BCUT2D eigenvalue weighted by atomic mass is 10.4. The van der Waals surface area contributed by atoms with Crippen molar-refractivity contribution in [2.24, 2.45) is 0 Å². The van der Waals surface area contributed by atoms with Gasteiger partial charge >= 0.3 is 6.03 Å². The minimum absolute atomic E-state index is 0.0148. The fraction of sp³-hybridized carbons (Fsp3) is 0.889. The van der Waals surface area contributed by atoms with Crippen LogP contribution >= 0.6 is 0 Å². The smallest absolute Gasteiger partial charge is 0.315 e. The Morgan fingerprint density at radius 1 is 1.38 bits per heavy atom. The molecule has 0 aliphatic heterocycles. The lowest BCUT2D eigenvalue weighted by Crippen LogP contribution is -2.37. The van der Waals surface area contributed by atoms with E-state index in [2.05, 4.69) is 22.9 Å². The Hall–Kier alpha value is -0.770. The third-order valence-corrected chi connectivity index (χ3v) is 1.98. The number of nitrogens with one attached hydrogen (secondary N) is 3. The normalized spacial score (nSPS) is 15.5. The van der Waals surface area contributed by atoms with Crippen molar-refractivity contribution in [3.05, 3.63) is 0 Å². The van der Waals surface area contributed by atoms with Crippen LogP contribution in [0.2, 0.25) is 0 Å². The largest absolute Gasteiger partial charge is 0.338 e. The minimum Gasteiger partial charge on any atom is -0.338 e. The first-order valence-corrected chi connectivity index (χ1v) is 5.08. The highest BCUT2D eigenvalue weighted by atomic mass is 16.2. The second-order valence-corrected chi connectivity index (χ2v) is 3.38. The van der Waals surface area contributed by atoms with Crippen LogP contribution in [0.1, 0.15) is 26.2 Å². The molecule has 0 saturated heterocycles. The van der Waals surface area contributed by atoms with Crippen molar-refractivity contribution in [2.75, 3.05) is 19.6 Å². The van der Waals surface area contributed by atoms with Crippen LogP contribution in [0.15, 0.2) is 0 Å². The minimum atomic E-state index is -0.0148. The van der Waals surface area contributed by atoms with Gasteiger partial charge in [-0.3, -0.25) is 0 Å². The van der Waals surface area contributed by atoms with Crippen LogP contribution in [0.25, 0.3) is 0 Å². The van der Waals surface area contributed by atoms with E-state index in [1.807, 2.05) is 0 Å². The van der Waals surface area contributed by atoms with Gasteiger partial charge in [-0.25, -0.2) is 4.79 Å². The third kappa shape index (κ3) is 5.47. The zero-order valence-corrected chi connectivity index (χ0v) is 8.23. The third-order valence-electron chi connectivity index (χ3n) is 1.98. The number of hydrogen-bond acceptors (Lipinski definition) is 2. The van der Waals surface area contributed by atoms with Crippen molar-refractivity contribution in [3.8, 4) is 0 Å². The van der Waals surface area contributed by atoms with Gasteiger partial charge < -0.3 is 16.0 Å². The Labute approximate surface area is 79.5 Å². The Balaban J connectivity index is 1.83. The van der Waals surface area contributed by atoms with E-state index >= 15 is 0 Å². The summed E-state index contributed by atoms with van der Waals surface area (Å²) < 4.78 is 0. The molecule has 3 N–H and O–H groups in total. The molecule has 0 unspecified atom stereocenters. The van der Waals surface area contributed by atoms with E-state index in [4.69, 9.17) is 0 Å². The average Bonchev–Trinajstić information content (AvgIpc) is 2.88. The lowest BCUT2D eigenvalue weighted by molar-refractivity contribution is 0.240. The number of carbonyl (C=O) groups excluding carboxylic acids is 1. The summed E-state index contributed by atoms with van der Waals surface area (Å²) in [5.74, 6) is 0. The van der Waals surface area contributed by atoms with Crippen molar-refractivity contribution < 1.29 is 4.79 Å². The quantitative estimate of drug-likeness (QED) is 0.526. The Bertz CT molecular complexity index is 157. The van der Waals surface area contributed by atoms with Gasteiger partial charge in [0.15, 0.2) is 0 Å². The molecule has 0 aromatic heterocycles. The van der Waals surface area contributed by atoms with Crippen LogP contribution < -0.4 is 16.0 Å². The van der Waals surface area contributed by atoms with E-state index in [1.165, 1.54) is 0 Å². The van der Waals surface area contributed by atoms with E-state index in [0.29, 0.717) is 6.04 Å². The fourth-order valence-corrected chi connectivity index (χ4v) is 1.06. The average molecular weight is 185 g/mol. The molecule has 0 aromatic rings. The van der Waals surface area contributed by atoms with Gasteiger partial charge in [0.1, 0.15) is 0 Å². The van der Waals surface area contributed by atoms with E-state index in [1.54, 1.807) is 0 Å². The molecule has 13 heavy (non-hydrogen) atoms. The van der Waals surface area contributed by atoms with Gasteiger partial charge in [0.25, 0.3) is 0 Å². The first kappa shape index (κ1) is 10.3. The van der Waals surface area contributed by atoms with Crippen molar-refractivity contribution in [2.45, 2.75) is 32.2 Å². The van der Waals surface area contributed by atoms with Gasteiger partial charge in [-0.05, 0) is 32.4 Å². The first-order valence-electron chi connectivity index (χ1n) is 5.08. The monoisotopic (exact) mass is 185 g/mol. The standard InChI is InChI=1S/C9H19N3O/c1-2-10-6-3-7-11-9(13)12-8-4-5-8/h8,10H,2-7H2,1H3,(H2,11,12,13). The molecule has 4 heteroatoms. The van der Waals surface area contributed by atoms with Crippen molar-refractivity contribution in [1.29, 1.82) is 0 Å². The molecule has 1 saturated carbocycles. The molecule has 1 aliphatic rings. The highest BCUT2D eigenvalue weighted by molar-refractivity contribution is 5.74. The van der Waals surface area contributed by atoms with Gasteiger partial charge in [-0.2, -0.15) is 0 Å². The molecule has 1 aliphatic carbocycles. The van der Waals surface area contributed by atoms with Crippen LogP contribution in [-0.4, -0.2) is 31.7 Å². The molecule has 0 heterocycles. The van der Waals surface area contributed by atoms with Crippen LogP contribution in [0.3, 0.4) is 0 Å². The molecule has 1 rings (SSSR count). The van der Waals surface area contributed by atoms with Gasteiger partial charge in [0.05, 0.1) is 0 Å². The van der Waals surface area contributed by atoms with Crippen LogP contribution in [0.4, 0.5) is 4.79 Å². The molecule has 0 bridgehead atoms. The molecule has 0 atom stereocenters. The van der Waals surface area contributed by atoms with Crippen molar-refractivity contribution in [3.63, 3.8) is 0 Å². The zero-order chi connectivity index (χ0) is 9.52. The van der Waals surface area contributed by atoms with E-state index in [-0.39, 0.29) is 6.03 Å². The predicted octanol–water partition coefficient (Wildman–Crippen LogP) is 0.448. The van der Waals surface area contributed by atoms with Gasteiger partial charge in [-0.15, -0.1) is 0 Å². The molecule has 4 nitrogen and oxygen atoms in total. The summed E-state index contributed by atoms with van der Waals surface area (Å²) in [5, 5.41) is 8.90. The molecule has 0 radical (unpaired) electrons. The van der Waals surface area contributed by atoms with Crippen LogP contribution in [0.5, 0.6) is 0 Å².